The maximum atomic E-state index is 14.3. The van der Waals surface area contributed by atoms with E-state index >= 15 is 0 Å². The van der Waals surface area contributed by atoms with Gasteiger partial charge in [0.15, 0.2) is 5.15 Å². The van der Waals surface area contributed by atoms with E-state index < -0.39 is 23.8 Å². The van der Waals surface area contributed by atoms with Gasteiger partial charge in [0.1, 0.15) is 24.2 Å². The molecule has 1 unspecified atom stereocenters. The van der Waals surface area contributed by atoms with Crippen LogP contribution in [-0.4, -0.2) is 53.2 Å². The number of nitrogens with zero attached hydrogens (tertiary/aromatic N) is 2. The van der Waals surface area contributed by atoms with Crippen molar-refractivity contribution in [3.05, 3.63) is 63.5 Å². The number of hydrogen-bond donors (Lipinski definition) is 1. The van der Waals surface area contributed by atoms with Crippen LogP contribution in [0.1, 0.15) is 50.8 Å². The number of H-pyrrole nitrogens is 1. The Morgan fingerprint density at radius 2 is 1.86 bits per heavy atom. The lowest BCUT2D eigenvalue weighted by atomic mass is 9.73. The van der Waals surface area contributed by atoms with Gasteiger partial charge in [-0.05, 0) is 63.4 Å². The first-order chi connectivity index (χ1) is 17.0. The Morgan fingerprint density at radius 3 is 2.47 bits per heavy atom. The number of likely N-dealkylation sites (tertiary alicyclic amines) is 1. The molecule has 10 heteroatoms. The van der Waals surface area contributed by atoms with Gasteiger partial charge in [-0.15, -0.1) is 0 Å². The Labute approximate surface area is 218 Å². The largest absolute Gasteiger partial charge is 0.444 e. The molecule has 1 saturated heterocycles. The number of fused-ring (bicyclic) bond motifs is 1. The second-order valence-corrected chi connectivity index (χ2v) is 10.9. The van der Waals surface area contributed by atoms with E-state index in [0.717, 1.165) is 5.56 Å². The first-order valence-corrected chi connectivity index (χ1v) is 12.5. The van der Waals surface area contributed by atoms with E-state index in [0.29, 0.717) is 47.4 Å². The molecule has 1 atom stereocenters. The number of carbonyl (C=O) groups excluding carboxylic acids is 1. The standard InChI is InChI=1S/C26H29Cl2F2N3O3/c1-25(2,3)36-24(34)33-10-8-26(9-11-33,16-4-6-18(30)7-5-16)15-35-21(14-29)19-12-17(27)13-20-22(19)31-32-23(20)28/h4-7,12-13,21H,8-11,14-15H2,1-3H3,(H,31,32). The quantitative estimate of drug-likeness (QED) is 0.366. The summed E-state index contributed by atoms with van der Waals surface area (Å²) in [7, 11) is 0. The Kier molecular flexibility index (Phi) is 7.78. The zero-order valence-electron chi connectivity index (χ0n) is 20.4. The van der Waals surface area contributed by atoms with Crippen molar-refractivity contribution in [3.8, 4) is 0 Å². The number of piperidine rings is 1. The van der Waals surface area contributed by atoms with E-state index in [1.54, 1.807) is 29.2 Å². The number of nitrogens with one attached hydrogen (secondary N) is 1. The van der Waals surface area contributed by atoms with Gasteiger partial charge in [-0.3, -0.25) is 5.10 Å². The molecule has 6 nitrogen and oxygen atoms in total. The highest BCUT2D eigenvalue weighted by Gasteiger charge is 2.39. The highest BCUT2D eigenvalue weighted by Crippen LogP contribution is 2.39. The number of aromatic nitrogens is 2. The smallest absolute Gasteiger partial charge is 0.410 e. The molecule has 1 amide bonds. The summed E-state index contributed by atoms with van der Waals surface area (Å²) in [5, 5.41) is 8.05. The molecule has 0 bridgehead atoms. The molecule has 4 rings (SSSR count). The van der Waals surface area contributed by atoms with Crippen molar-refractivity contribution in [2.45, 2.75) is 50.7 Å². The van der Waals surface area contributed by atoms with Crippen molar-refractivity contribution >= 4 is 40.2 Å². The van der Waals surface area contributed by atoms with E-state index in [-0.39, 0.29) is 23.7 Å². The number of alkyl halides is 1. The van der Waals surface area contributed by atoms with Gasteiger partial charge >= 0.3 is 6.09 Å². The maximum Gasteiger partial charge on any atom is 0.410 e. The van der Waals surface area contributed by atoms with Crippen LogP contribution < -0.4 is 0 Å². The summed E-state index contributed by atoms with van der Waals surface area (Å²) in [6, 6.07) is 9.54. The summed E-state index contributed by atoms with van der Waals surface area (Å²) in [6.07, 6.45) is -0.228. The summed E-state index contributed by atoms with van der Waals surface area (Å²) in [5.74, 6) is -0.347. The molecule has 1 aliphatic heterocycles. The molecule has 194 valence electrons. The van der Waals surface area contributed by atoms with Gasteiger partial charge in [0.2, 0.25) is 0 Å². The predicted molar refractivity (Wildman–Crippen MR) is 136 cm³/mol. The summed E-state index contributed by atoms with van der Waals surface area (Å²) in [6.45, 7) is 5.68. The molecule has 0 spiro atoms. The normalized spacial score (nSPS) is 16.8. The molecule has 2 aromatic carbocycles. The van der Waals surface area contributed by atoms with Crippen LogP contribution in [0.4, 0.5) is 13.6 Å². The lowest BCUT2D eigenvalue weighted by Gasteiger charge is -2.42. The molecule has 2 heterocycles. The van der Waals surface area contributed by atoms with Crippen LogP contribution in [-0.2, 0) is 14.9 Å². The predicted octanol–water partition coefficient (Wildman–Crippen LogP) is 7.00. The Morgan fingerprint density at radius 1 is 1.19 bits per heavy atom. The fraction of sp³-hybridized carbons (Fsp3) is 0.462. The molecule has 0 radical (unpaired) electrons. The third-order valence-electron chi connectivity index (χ3n) is 6.50. The van der Waals surface area contributed by atoms with Crippen LogP contribution in [0.3, 0.4) is 0 Å². The third-order valence-corrected chi connectivity index (χ3v) is 7.00. The van der Waals surface area contributed by atoms with Gasteiger partial charge in [-0.25, -0.2) is 13.6 Å². The van der Waals surface area contributed by atoms with Gasteiger partial charge < -0.3 is 14.4 Å². The number of rotatable bonds is 6. The molecule has 36 heavy (non-hydrogen) atoms. The molecule has 1 N–H and O–H groups in total. The number of ether oxygens (including phenoxy) is 2. The van der Waals surface area contributed by atoms with Gasteiger partial charge in [-0.1, -0.05) is 35.3 Å². The van der Waals surface area contributed by atoms with Gasteiger partial charge in [0.25, 0.3) is 0 Å². The van der Waals surface area contributed by atoms with Crippen LogP contribution in [0.15, 0.2) is 36.4 Å². The topological polar surface area (TPSA) is 67.4 Å². The minimum atomic E-state index is -0.927. The first-order valence-electron chi connectivity index (χ1n) is 11.8. The molecule has 1 fully saturated rings. The van der Waals surface area contributed by atoms with Crippen molar-refractivity contribution in [3.63, 3.8) is 0 Å². The van der Waals surface area contributed by atoms with Crippen LogP contribution in [0, 0.1) is 5.82 Å². The highest BCUT2D eigenvalue weighted by molar-refractivity contribution is 6.36. The number of benzene rings is 2. The van der Waals surface area contributed by atoms with Crippen LogP contribution in [0.2, 0.25) is 10.2 Å². The minimum Gasteiger partial charge on any atom is -0.444 e. The second-order valence-electron chi connectivity index (χ2n) is 10.1. The molecule has 0 saturated carbocycles. The van der Waals surface area contributed by atoms with E-state index in [1.807, 2.05) is 20.8 Å². The maximum absolute atomic E-state index is 14.3. The molecular weight excluding hydrogens is 511 g/mol. The van der Waals surface area contributed by atoms with Crippen molar-refractivity contribution in [2.75, 3.05) is 26.4 Å². The Bertz CT molecular complexity index is 1220. The number of hydrogen-bond acceptors (Lipinski definition) is 4. The van der Waals surface area contributed by atoms with Crippen molar-refractivity contribution in [1.29, 1.82) is 0 Å². The molecular formula is C26H29Cl2F2N3O3. The Hall–Kier alpha value is -2.42. The summed E-state index contributed by atoms with van der Waals surface area (Å²) >= 11 is 12.4. The molecule has 1 aromatic heterocycles. The van der Waals surface area contributed by atoms with E-state index in [2.05, 4.69) is 10.2 Å². The van der Waals surface area contributed by atoms with Crippen molar-refractivity contribution in [1.82, 2.24) is 15.1 Å². The first kappa shape index (κ1) is 26.6. The van der Waals surface area contributed by atoms with Crippen LogP contribution in [0.5, 0.6) is 0 Å². The van der Waals surface area contributed by atoms with Crippen LogP contribution in [0.25, 0.3) is 10.9 Å². The monoisotopic (exact) mass is 539 g/mol. The fourth-order valence-electron chi connectivity index (χ4n) is 4.58. The Balaban J connectivity index is 1.58. The number of halogens is 4. The number of aromatic amines is 1. The number of carbonyl (C=O) groups is 1. The summed E-state index contributed by atoms with van der Waals surface area (Å²) in [4.78, 5) is 14.3. The molecule has 3 aromatic rings. The average molecular weight is 540 g/mol. The van der Waals surface area contributed by atoms with E-state index in [4.69, 9.17) is 32.7 Å². The summed E-state index contributed by atoms with van der Waals surface area (Å²) < 4.78 is 39.7. The van der Waals surface area contributed by atoms with Gasteiger partial charge in [0, 0.05) is 34.5 Å². The van der Waals surface area contributed by atoms with Gasteiger partial charge in [-0.2, -0.15) is 5.10 Å². The highest BCUT2D eigenvalue weighted by atomic mass is 35.5. The van der Waals surface area contributed by atoms with E-state index in [1.165, 1.54) is 12.1 Å². The van der Waals surface area contributed by atoms with E-state index in [9.17, 15) is 13.6 Å². The zero-order valence-corrected chi connectivity index (χ0v) is 21.9. The van der Waals surface area contributed by atoms with Gasteiger partial charge in [0.05, 0.1) is 12.1 Å². The third kappa shape index (κ3) is 5.76. The molecule has 0 aliphatic carbocycles. The lowest BCUT2D eigenvalue weighted by Crippen LogP contribution is -2.48. The minimum absolute atomic E-state index is 0.158. The van der Waals surface area contributed by atoms with Crippen molar-refractivity contribution < 1.29 is 23.0 Å². The van der Waals surface area contributed by atoms with Crippen LogP contribution >= 0.6 is 23.2 Å². The number of amides is 1. The zero-order chi connectivity index (χ0) is 26.1. The van der Waals surface area contributed by atoms with Crippen molar-refractivity contribution in [2.24, 2.45) is 0 Å². The SMILES string of the molecule is CC(C)(C)OC(=O)N1CCC(COC(CF)c2cc(Cl)cc3c(Cl)n[nH]c23)(c2ccc(F)cc2)CC1. The molecule has 1 aliphatic rings. The second kappa shape index (κ2) is 10.5. The lowest BCUT2D eigenvalue weighted by molar-refractivity contribution is -0.0210. The fourth-order valence-corrected chi connectivity index (χ4v) is 4.99. The summed E-state index contributed by atoms with van der Waals surface area (Å²) in [5.41, 5.74) is 0.787. The average Bonchev–Trinajstić information content (AvgIpc) is 3.19.